The molecule has 5 nitrogen and oxygen atoms in total. The molecule has 3 aromatic carbocycles. The van der Waals surface area contributed by atoms with E-state index in [2.05, 4.69) is 0 Å². The molecular formula is C26H27Cl2O5P. The van der Waals surface area contributed by atoms with Crippen molar-refractivity contribution in [1.82, 2.24) is 0 Å². The van der Waals surface area contributed by atoms with Crippen LogP contribution in [0, 0.1) is 41.5 Å². The number of methoxy groups -OCH3 is 2. The van der Waals surface area contributed by atoms with Gasteiger partial charge in [-0.05, 0) is 74.9 Å². The Hall–Kier alpha value is -2.46. The number of rotatable bonds is 4. The molecule has 0 atom stereocenters. The van der Waals surface area contributed by atoms with Crippen molar-refractivity contribution in [1.29, 1.82) is 0 Å². The SMILES string of the molecule is COc1c(Cl)c(C)c(C)c2op(Oc3c(C)cccc3C)oc3c(C)c(C)c(Cl)c(OC)c3c12. The lowest BCUT2D eigenvalue weighted by Crippen LogP contribution is -1.96. The summed E-state index contributed by atoms with van der Waals surface area (Å²) in [5.74, 6) is 1.65. The van der Waals surface area contributed by atoms with Gasteiger partial charge in [0.25, 0.3) is 0 Å². The Labute approximate surface area is 210 Å². The maximum Gasteiger partial charge on any atom is 0.453 e. The predicted octanol–water partition coefficient (Wildman–Crippen LogP) is 9.31. The number of benzene rings is 3. The van der Waals surface area contributed by atoms with E-state index in [0.29, 0.717) is 43.5 Å². The normalized spacial score (nSPS) is 11.2. The zero-order valence-electron chi connectivity index (χ0n) is 20.5. The average molecular weight is 521 g/mol. The minimum Gasteiger partial charge on any atom is -0.494 e. The number of aryl methyl sites for hydroxylation is 4. The van der Waals surface area contributed by atoms with Crippen LogP contribution in [0.2, 0.25) is 10.0 Å². The number of halogens is 2. The highest BCUT2D eigenvalue weighted by atomic mass is 35.5. The van der Waals surface area contributed by atoms with E-state index in [9.17, 15) is 0 Å². The number of ether oxygens (including phenoxy) is 2. The molecule has 0 bridgehead atoms. The Kier molecular flexibility index (Phi) is 6.74. The van der Waals surface area contributed by atoms with Crippen LogP contribution in [0.25, 0.3) is 21.9 Å². The molecule has 0 fully saturated rings. The molecule has 0 amide bonds. The topological polar surface area (TPSA) is 54.0 Å². The van der Waals surface area contributed by atoms with Crippen molar-refractivity contribution in [3.63, 3.8) is 0 Å². The summed E-state index contributed by atoms with van der Waals surface area (Å²) in [6.07, 6.45) is 0. The first-order valence-corrected chi connectivity index (χ1v) is 12.6. The van der Waals surface area contributed by atoms with Gasteiger partial charge in [-0.1, -0.05) is 41.4 Å². The lowest BCUT2D eigenvalue weighted by molar-refractivity contribution is 0.416. The molecule has 0 saturated carbocycles. The molecule has 0 unspecified atom stereocenters. The molecule has 1 heterocycles. The maximum absolute atomic E-state index is 6.75. The molecule has 34 heavy (non-hydrogen) atoms. The van der Waals surface area contributed by atoms with E-state index in [4.69, 9.17) is 45.6 Å². The molecule has 0 aliphatic rings. The van der Waals surface area contributed by atoms with Gasteiger partial charge in [-0.2, -0.15) is 0 Å². The highest BCUT2D eigenvalue weighted by Crippen LogP contribution is 2.51. The number of hydrogen-bond acceptors (Lipinski definition) is 5. The van der Waals surface area contributed by atoms with Crippen LogP contribution < -0.4 is 14.0 Å². The van der Waals surface area contributed by atoms with E-state index in [0.717, 1.165) is 39.1 Å². The molecule has 4 aromatic rings. The Morgan fingerprint density at radius 2 is 1.06 bits per heavy atom. The maximum atomic E-state index is 6.75. The van der Waals surface area contributed by atoms with Gasteiger partial charge >= 0.3 is 8.24 Å². The third-order valence-corrected chi connectivity index (χ3v) is 8.24. The van der Waals surface area contributed by atoms with Crippen LogP contribution in [0.4, 0.5) is 0 Å². The van der Waals surface area contributed by atoms with Crippen molar-refractivity contribution in [3.05, 3.63) is 61.6 Å². The van der Waals surface area contributed by atoms with E-state index in [-0.39, 0.29) is 0 Å². The summed E-state index contributed by atoms with van der Waals surface area (Å²) in [5, 5.41) is 2.24. The second kappa shape index (κ2) is 9.30. The van der Waals surface area contributed by atoms with E-state index in [1.807, 2.05) is 59.7 Å². The molecule has 1 aromatic heterocycles. The zero-order valence-corrected chi connectivity index (χ0v) is 22.9. The van der Waals surface area contributed by atoms with E-state index in [1.54, 1.807) is 14.2 Å². The number of hydrogen-bond donors (Lipinski definition) is 0. The molecule has 0 aliphatic carbocycles. The van der Waals surface area contributed by atoms with Gasteiger partial charge in [0.2, 0.25) is 0 Å². The summed E-state index contributed by atoms with van der Waals surface area (Å²) in [6.45, 7) is 11.7. The van der Waals surface area contributed by atoms with Gasteiger partial charge in [0, 0.05) is 0 Å². The molecule has 0 aliphatic heterocycles. The van der Waals surface area contributed by atoms with Crippen molar-refractivity contribution in [2.75, 3.05) is 14.2 Å². The molecule has 180 valence electrons. The first kappa shape index (κ1) is 24.7. The molecule has 0 spiro atoms. The highest BCUT2D eigenvalue weighted by Gasteiger charge is 2.26. The van der Waals surface area contributed by atoms with Crippen LogP contribution >= 0.6 is 31.4 Å². The molecule has 0 N–H and O–H groups in total. The van der Waals surface area contributed by atoms with Crippen LogP contribution in [-0.2, 0) is 0 Å². The third kappa shape index (κ3) is 3.80. The van der Waals surface area contributed by atoms with Crippen LogP contribution in [0.3, 0.4) is 0 Å². The Balaban J connectivity index is 2.30. The minimum absolute atomic E-state index is 0.464. The van der Waals surface area contributed by atoms with E-state index in [1.165, 1.54) is 0 Å². The molecule has 0 radical (unpaired) electrons. The monoisotopic (exact) mass is 520 g/mol. The Morgan fingerprint density at radius 1 is 0.647 bits per heavy atom. The van der Waals surface area contributed by atoms with Gasteiger partial charge < -0.3 is 22.4 Å². The predicted molar refractivity (Wildman–Crippen MR) is 140 cm³/mol. The quantitative estimate of drug-likeness (QED) is 0.268. The lowest BCUT2D eigenvalue weighted by atomic mass is 9.99. The van der Waals surface area contributed by atoms with Crippen molar-refractivity contribution in [3.8, 4) is 17.2 Å². The van der Waals surface area contributed by atoms with Gasteiger partial charge in [-0.25, -0.2) is 0 Å². The highest BCUT2D eigenvalue weighted by molar-refractivity contribution is 7.32. The Morgan fingerprint density at radius 3 is 1.44 bits per heavy atom. The lowest BCUT2D eigenvalue weighted by Gasteiger charge is -2.15. The fraction of sp³-hybridized carbons (Fsp3) is 0.308. The van der Waals surface area contributed by atoms with Gasteiger partial charge in [0.05, 0.1) is 35.0 Å². The van der Waals surface area contributed by atoms with Crippen LogP contribution in [0.15, 0.2) is 26.6 Å². The van der Waals surface area contributed by atoms with Crippen molar-refractivity contribution >= 4 is 53.4 Å². The molecule has 8 heteroatoms. The second-order valence-corrected chi connectivity index (χ2v) is 10.1. The van der Waals surface area contributed by atoms with Gasteiger partial charge in [-0.3, -0.25) is 0 Å². The van der Waals surface area contributed by atoms with Gasteiger partial charge in [0.15, 0.2) is 11.2 Å². The standard InChI is InChI=1S/C26H27Cl2O5P/c1-12-10-9-11-13(2)22(12)31-34-32-23-16(5)14(3)20(27)25(29-7)18(23)19-24(33-34)17(6)15(4)21(28)26(19)30-8/h9-11H,1-8H3. The van der Waals surface area contributed by atoms with Crippen LogP contribution in [0.5, 0.6) is 17.2 Å². The summed E-state index contributed by atoms with van der Waals surface area (Å²) < 4.78 is 30.9. The van der Waals surface area contributed by atoms with Gasteiger partial charge in [-0.15, -0.1) is 0 Å². The van der Waals surface area contributed by atoms with Gasteiger partial charge in [0.1, 0.15) is 17.2 Å². The summed E-state index contributed by atoms with van der Waals surface area (Å²) in [7, 11) is 1.26. The smallest absolute Gasteiger partial charge is 0.453 e. The molecular weight excluding hydrogens is 494 g/mol. The Bertz CT molecular complexity index is 1390. The number of para-hydroxylation sites is 1. The largest absolute Gasteiger partial charge is 0.494 e. The van der Waals surface area contributed by atoms with E-state index < -0.39 is 8.24 Å². The average Bonchev–Trinajstić information content (AvgIpc) is 2.97. The van der Waals surface area contributed by atoms with Crippen LogP contribution in [-0.4, -0.2) is 14.2 Å². The first-order valence-electron chi connectivity index (χ1n) is 10.8. The summed E-state index contributed by atoms with van der Waals surface area (Å²) in [4.78, 5) is 0. The second-order valence-electron chi connectivity index (χ2n) is 8.32. The molecule has 0 saturated heterocycles. The van der Waals surface area contributed by atoms with Crippen LogP contribution in [0.1, 0.15) is 33.4 Å². The summed E-state index contributed by atoms with van der Waals surface area (Å²) in [6, 6.07) is 5.98. The number of fused-ring (bicyclic) bond motifs is 3. The third-order valence-electron chi connectivity index (χ3n) is 6.34. The van der Waals surface area contributed by atoms with Crippen molar-refractivity contribution < 1.29 is 22.4 Å². The first-order chi connectivity index (χ1) is 16.1. The summed E-state index contributed by atoms with van der Waals surface area (Å²) >= 11 is 13.5. The zero-order chi connectivity index (χ0) is 24.9. The van der Waals surface area contributed by atoms with Crippen molar-refractivity contribution in [2.24, 2.45) is 0 Å². The summed E-state index contributed by atoms with van der Waals surface area (Å²) in [5.41, 5.74) is 6.50. The fourth-order valence-corrected chi connectivity index (χ4v) is 6.03. The van der Waals surface area contributed by atoms with Crippen molar-refractivity contribution in [2.45, 2.75) is 41.5 Å². The minimum atomic E-state index is -1.89. The van der Waals surface area contributed by atoms with E-state index >= 15 is 0 Å². The fourth-order valence-electron chi connectivity index (χ4n) is 4.10. The molecule has 4 rings (SSSR count).